The second-order valence-electron chi connectivity index (χ2n) is 6.38. The van der Waals surface area contributed by atoms with Crippen LogP contribution in [0.25, 0.3) is 0 Å². The van der Waals surface area contributed by atoms with Gasteiger partial charge in [0.2, 0.25) is 0 Å². The normalized spacial score (nSPS) is 21.7. The molecular weight excluding hydrogens is 456 g/mol. The molecule has 0 amide bonds. The molecule has 0 bridgehead atoms. The SMILES string of the molecule is Nc1ccn(C2OC(CO)C(O)C2O)c(=O)n1.O=[N+]([O-])c1cc([N+](=O)[O-])c(O)c([N+](=O)[O-])c1. The van der Waals surface area contributed by atoms with Gasteiger partial charge < -0.3 is 30.9 Å². The number of nitrogens with two attached hydrogens (primary N) is 1. The van der Waals surface area contributed by atoms with E-state index in [1.54, 1.807) is 0 Å². The zero-order chi connectivity index (χ0) is 25.0. The number of aliphatic hydroxyl groups excluding tert-OH is 3. The van der Waals surface area contributed by atoms with Crippen LogP contribution >= 0.6 is 0 Å². The van der Waals surface area contributed by atoms with Crippen LogP contribution in [0.4, 0.5) is 22.9 Å². The Morgan fingerprint density at radius 2 is 1.61 bits per heavy atom. The van der Waals surface area contributed by atoms with E-state index in [4.69, 9.17) is 20.7 Å². The van der Waals surface area contributed by atoms with Gasteiger partial charge in [0.1, 0.15) is 24.1 Å². The van der Waals surface area contributed by atoms with E-state index in [9.17, 15) is 45.4 Å². The van der Waals surface area contributed by atoms with Gasteiger partial charge in [0.15, 0.2) is 6.23 Å². The summed E-state index contributed by atoms with van der Waals surface area (Å²) in [6.07, 6.45) is -3.27. The fourth-order valence-electron chi connectivity index (χ4n) is 2.70. The molecule has 33 heavy (non-hydrogen) atoms. The van der Waals surface area contributed by atoms with Crippen LogP contribution in [0, 0.1) is 30.3 Å². The molecule has 0 saturated carbocycles. The molecule has 0 aliphatic carbocycles. The molecule has 1 aromatic heterocycles. The van der Waals surface area contributed by atoms with Crippen molar-refractivity contribution < 1.29 is 39.9 Å². The molecule has 18 nitrogen and oxygen atoms in total. The van der Waals surface area contributed by atoms with E-state index in [1.807, 2.05) is 0 Å². The second-order valence-corrected chi connectivity index (χ2v) is 6.38. The number of nitrogen functional groups attached to an aromatic ring is 1. The molecule has 1 aromatic carbocycles. The number of aromatic hydroxyl groups is 1. The van der Waals surface area contributed by atoms with E-state index in [0.717, 1.165) is 4.57 Å². The van der Waals surface area contributed by atoms with E-state index in [2.05, 4.69) is 4.98 Å². The van der Waals surface area contributed by atoms with E-state index in [0.29, 0.717) is 12.1 Å². The van der Waals surface area contributed by atoms with Crippen LogP contribution in [-0.2, 0) is 4.74 Å². The molecule has 1 saturated heterocycles. The number of aliphatic hydroxyl groups is 3. The average Bonchev–Trinajstić information content (AvgIpc) is 3.02. The Morgan fingerprint density at radius 3 is 2.00 bits per heavy atom. The van der Waals surface area contributed by atoms with Crippen molar-refractivity contribution in [1.29, 1.82) is 0 Å². The lowest BCUT2D eigenvalue weighted by molar-refractivity contribution is -0.404. The molecule has 4 unspecified atom stereocenters. The fourth-order valence-corrected chi connectivity index (χ4v) is 2.70. The highest BCUT2D eigenvalue weighted by Crippen LogP contribution is 2.39. The van der Waals surface area contributed by atoms with Crippen LogP contribution in [0.2, 0.25) is 0 Å². The van der Waals surface area contributed by atoms with E-state index < -0.39 is 74.4 Å². The zero-order valence-corrected chi connectivity index (χ0v) is 16.2. The van der Waals surface area contributed by atoms with Gasteiger partial charge in [-0.2, -0.15) is 4.98 Å². The van der Waals surface area contributed by atoms with Gasteiger partial charge in [0, 0.05) is 6.20 Å². The lowest BCUT2D eigenvalue weighted by Gasteiger charge is -2.16. The minimum absolute atomic E-state index is 0.0537. The second kappa shape index (κ2) is 9.91. The molecule has 1 aliphatic heterocycles. The number of rotatable bonds is 5. The number of nitrogens with zero attached hydrogens (tertiary/aromatic N) is 5. The van der Waals surface area contributed by atoms with Crippen molar-refractivity contribution in [2.24, 2.45) is 0 Å². The summed E-state index contributed by atoms with van der Waals surface area (Å²) < 4.78 is 6.19. The first-order valence-electron chi connectivity index (χ1n) is 8.66. The predicted molar refractivity (Wildman–Crippen MR) is 104 cm³/mol. The predicted octanol–water partition coefficient (Wildman–Crippen LogP) is -1.45. The maximum Gasteiger partial charge on any atom is 0.351 e. The number of nitro groups is 3. The number of nitro benzene ring substituents is 3. The number of ether oxygens (including phenoxy) is 1. The standard InChI is InChI=1S/C9H13N3O5.C6H3N3O7/c10-5-1-2-12(9(16)11-5)8-7(15)6(14)4(3-13)17-8;10-6-4(8(13)14)1-3(7(11)12)2-5(6)9(15)16/h1-2,4,6-8,13-15H,3H2,(H2,10,11,16);1-2,10H. The summed E-state index contributed by atoms with van der Waals surface area (Å²) in [5, 5.41) is 68.4. The third-order valence-electron chi connectivity index (χ3n) is 4.30. The Morgan fingerprint density at radius 1 is 1.06 bits per heavy atom. The number of phenolic OH excluding ortho intramolecular Hbond substituents is 1. The van der Waals surface area contributed by atoms with Crippen molar-refractivity contribution in [3.63, 3.8) is 0 Å². The fraction of sp³-hybridized carbons (Fsp3) is 0.333. The quantitative estimate of drug-likeness (QED) is 0.246. The summed E-state index contributed by atoms with van der Waals surface area (Å²) in [5.41, 5.74) is 1.63. The van der Waals surface area contributed by atoms with Gasteiger partial charge in [-0.3, -0.25) is 34.9 Å². The Balaban J connectivity index is 0.000000234. The van der Waals surface area contributed by atoms with Crippen molar-refractivity contribution in [2.45, 2.75) is 24.5 Å². The third-order valence-corrected chi connectivity index (χ3v) is 4.30. The van der Waals surface area contributed by atoms with Crippen molar-refractivity contribution in [3.8, 4) is 5.75 Å². The van der Waals surface area contributed by atoms with Crippen molar-refractivity contribution in [1.82, 2.24) is 9.55 Å². The number of hydrogen-bond donors (Lipinski definition) is 5. The van der Waals surface area contributed by atoms with Gasteiger partial charge in [-0.15, -0.1) is 0 Å². The molecule has 2 heterocycles. The third kappa shape index (κ3) is 5.33. The molecule has 1 fully saturated rings. The first-order chi connectivity index (χ1) is 15.4. The maximum absolute atomic E-state index is 11.5. The largest absolute Gasteiger partial charge is 0.497 e. The van der Waals surface area contributed by atoms with Gasteiger partial charge in [-0.1, -0.05) is 0 Å². The molecule has 1 aliphatic rings. The van der Waals surface area contributed by atoms with Gasteiger partial charge in [0.25, 0.3) is 11.4 Å². The maximum atomic E-state index is 11.5. The van der Waals surface area contributed by atoms with Crippen LogP contribution in [0.1, 0.15) is 6.23 Å². The van der Waals surface area contributed by atoms with Crippen molar-refractivity contribution in [2.75, 3.05) is 12.3 Å². The lowest BCUT2D eigenvalue weighted by Crippen LogP contribution is -2.36. The molecule has 0 spiro atoms. The van der Waals surface area contributed by atoms with E-state index in [1.165, 1.54) is 12.3 Å². The Kier molecular flexibility index (Phi) is 7.51. The molecule has 3 rings (SSSR count). The first-order valence-corrected chi connectivity index (χ1v) is 8.66. The summed E-state index contributed by atoms with van der Waals surface area (Å²) >= 11 is 0. The number of aromatic nitrogens is 2. The van der Waals surface area contributed by atoms with Crippen molar-refractivity contribution in [3.05, 3.63) is 65.2 Å². The van der Waals surface area contributed by atoms with Crippen LogP contribution in [0.15, 0.2) is 29.2 Å². The molecule has 178 valence electrons. The van der Waals surface area contributed by atoms with Crippen LogP contribution in [0.3, 0.4) is 0 Å². The number of non-ortho nitro benzene ring substituents is 1. The smallest absolute Gasteiger partial charge is 0.351 e. The first kappa shape index (κ1) is 25.0. The topological polar surface area (TPSA) is 280 Å². The molecule has 18 heteroatoms. The van der Waals surface area contributed by atoms with Crippen LogP contribution < -0.4 is 11.4 Å². The molecule has 4 atom stereocenters. The summed E-state index contributed by atoms with van der Waals surface area (Å²) in [7, 11) is 0. The van der Waals surface area contributed by atoms with E-state index >= 15 is 0 Å². The number of benzene rings is 1. The summed E-state index contributed by atoms with van der Waals surface area (Å²) in [4.78, 5) is 42.8. The Hall–Kier alpha value is -4.26. The zero-order valence-electron chi connectivity index (χ0n) is 16.2. The minimum Gasteiger partial charge on any atom is -0.497 e. The van der Waals surface area contributed by atoms with Gasteiger partial charge in [0.05, 0.1) is 33.5 Å². The monoisotopic (exact) mass is 472 g/mol. The summed E-state index contributed by atoms with van der Waals surface area (Å²) in [6, 6.07) is 2.26. The van der Waals surface area contributed by atoms with Crippen LogP contribution in [0.5, 0.6) is 5.75 Å². The van der Waals surface area contributed by atoms with Gasteiger partial charge >= 0.3 is 17.1 Å². The molecule has 0 radical (unpaired) electrons. The Labute approximate surface area is 181 Å². The highest BCUT2D eigenvalue weighted by Gasteiger charge is 2.43. The van der Waals surface area contributed by atoms with Gasteiger partial charge in [-0.05, 0) is 6.07 Å². The summed E-state index contributed by atoms with van der Waals surface area (Å²) in [5.74, 6) is -1.15. The number of anilines is 1. The van der Waals surface area contributed by atoms with Crippen LogP contribution in [-0.4, -0.2) is 69.7 Å². The lowest BCUT2D eigenvalue weighted by atomic mass is 10.1. The molecule has 6 N–H and O–H groups in total. The number of phenols is 1. The highest BCUT2D eigenvalue weighted by atomic mass is 16.6. The highest BCUT2D eigenvalue weighted by molar-refractivity contribution is 5.64. The molecular formula is C15H16N6O12. The van der Waals surface area contributed by atoms with E-state index in [-0.39, 0.29) is 5.82 Å². The number of hydrogen-bond acceptors (Lipinski definition) is 14. The summed E-state index contributed by atoms with van der Waals surface area (Å²) in [6.45, 7) is -0.453. The minimum atomic E-state index is -1.31. The average molecular weight is 472 g/mol. The van der Waals surface area contributed by atoms with Crippen molar-refractivity contribution >= 4 is 22.9 Å². The Bertz CT molecular complexity index is 1100. The van der Waals surface area contributed by atoms with Gasteiger partial charge in [-0.25, -0.2) is 4.79 Å². The molecule has 2 aromatic rings.